The predicted molar refractivity (Wildman–Crippen MR) is 90.1 cm³/mol. The molecule has 3 amide bonds. The maximum Gasteiger partial charge on any atom is 0.317 e. The Labute approximate surface area is 141 Å². The van der Waals surface area contributed by atoms with Crippen LogP contribution in [0.3, 0.4) is 0 Å². The average Bonchev–Trinajstić information content (AvgIpc) is 3.33. The Morgan fingerprint density at radius 3 is 2.54 bits per heavy atom. The number of piperidine rings is 1. The molecule has 3 fully saturated rings. The van der Waals surface area contributed by atoms with Crippen LogP contribution in [0.5, 0.6) is 0 Å². The molecule has 0 radical (unpaired) electrons. The van der Waals surface area contributed by atoms with Crippen molar-refractivity contribution >= 4 is 17.8 Å². The second-order valence-electron chi connectivity index (χ2n) is 6.80. The Kier molecular flexibility index (Phi) is 4.00. The fourth-order valence-corrected chi connectivity index (χ4v) is 3.45. The summed E-state index contributed by atoms with van der Waals surface area (Å²) in [5.41, 5.74) is 0.620. The third-order valence-electron chi connectivity index (χ3n) is 5.04. The molecule has 4 rings (SSSR count). The number of carbonyl (C=O) groups excluding carboxylic acids is 2. The number of amides is 3. The lowest BCUT2D eigenvalue weighted by Gasteiger charge is -2.36. The number of nitrogens with zero attached hydrogens (tertiary/aromatic N) is 3. The summed E-state index contributed by atoms with van der Waals surface area (Å²) in [6, 6.07) is 4.52. The molecule has 2 aliphatic heterocycles. The van der Waals surface area contributed by atoms with Gasteiger partial charge in [-0.3, -0.25) is 4.79 Å². The van der Waals surface area contributed by atoms with Crippen LogP contribution in [-0.2, 0) is 0 Å². The van der Waals surface area contributed by atoms with Gasteiger partial charge >= 0.3 is 6.03 Å². The molecule has 128 valence electrons. The number of pyridine rings is 1. The van der Waals surface area contributed by atoms with Gasteiger partial charge in [-0.05, 0) is 37.8 Å². The van der Waals surface area contributed by atoms with E-state index in [2.05, 4.69) is 20.5 Å². The summed E-state index contributed by atoms with van der Waals surface area (Å²) in [7, 11) is 0. The maximum absolute atomic E-state index is 12.0. The average molecular weight is 329 g/mol. The van der Waals surface area contributed by atoms with Crippen molar-refractivity contribution in [3.63, 3.8) is 0 Å². The highest BCUT2D eigenvalue weighted by molar-refractivity contribution is 5.94. The molecule has 1 saturated carbocycles. The molecule has 3 aliphatic rings. The first kappa shape index (κ1) is 15.2. The number of rotatable bonds is 4. The highest BCUT2D eigenvalue weighted by Crippen LogP contribution is 2.23. The van der Waals surface area contributed by atoms with Crippen molar-refractivity contribution in [2.24, 2.45) is 0 Å². The summed E-state index contributed by atoms with van der Waals surface area (Å²) < 4.78 is 0. The van der Waals surface area contributed by atoms with Crippen LogP contribution in [0.2, 0.25) is 0 Å². The van der Waals surface area contributed by atoms with E-state index in [1.807, 2.05) is 17.0 Å². The number of hydrogen-bond acceptors (Lipinski definition) is 4. The highest BCUT2D eigenvalue weighted by Gasteiger charge is 2.31. The first-order valence-corrected chi connectivity index (χ1v) is 8.77. The fourth-order valence-electron chi connectivity index (χ4n) is 3.45. The normalized spacial score (nSPS) is 21.8. The Morgan fingerprint density at radius 1 is 1.17 bits per heavy atom. The highest BCUT2D eigenvalue weighted by atomic mass is 16.2. The van der Waals surface area contributed by atoms with Crippen molar-refractivity contribution in [3.8, 4) is 0 Å². The van der Waals surface area contributed by atoms with E-state index in [1.54, 1.807) is 6.20 Å². The van der Waals surface area contributed by atoms with Gasteiger partial charge in [0.1, 0.15) is 5.82 Å². The minimum atomic E-state index is -0.0321. The Bertz CT molecular complexity index is 620. The predicted octanol–water partition coefficient (Wildman–Crippen LogP) is 0.968. The van der Waals surface area contributed by atoms with Crippen molar-refractivity contribution in [2.75, 3.05) is 31.1 Å². The maximum atomic E-state index is 12.0. The van der Waals surface area contributed by atoms with E-state index in [0.717, 1.165) is 57.7 Å². The van der Waals surface area contributed by atoms with E-state index >= 15 is 0 Å². The van der Waals surface area contributed by atoms with Crippen molar-refractivity contribution in [2.45, 2.75) is 37.8 Å². The van der Waals surface area contributed by atoms with Crippen molar-refractivity contribution in [1.29, 1.82) is 0 Å². The zero-order valence-electron chi connectivity index (χ0n) is 13.7. The number of urea groups is 1. The van der Waals surface area contributed by atoms with Gasteiger partial charge in [-0.25, -0.2) is 9.78 Å². The lowest BCUT2D eigenvalue weighted by Crippen LogP contribution is -2.46. The summed E-state index contributed by atoms with van der Waals surface area (Å²) >= 11 is 0. The number of nitrogens with one attached hydrogen (secondary N) is 2. The van der Waals surface area contributed by atoms with E-state index in [4.69, 9.17) is 0 Å². The van der Waals surface area contributed by atoms with Gasteiger partial charge in [-0.2, -0.15) is 0 Å². The van der Waals surface area contributed by atoms with E-state index in [-0.39, 0.29) is 11.9 Å². The summed E-state index contributed by atoms with van der Waals surface area (Å²) in [5, 5.41) is 5.84. The largest absolute Gasteiger partial charge is 0.356 e. The second-order valence-corrected chi connectivity index (χ2v) is 6.80. The van der Waals surface area contributed by atoms with Crippen molar-refractivity contribution in [1.82, 2.24) is 20.5 Å². The third-order valence-corrected chi connectivity index (χ3v) is 5.04. The van der Waals surface area contributed by atoms with Crippen molar-refractivity contribution < 1.29 is 9.59 Å². The molecular formula is C17H23N5O2. The molecule has 0 unspecified atom stereocenters. The summed E-state index contributed by atoms with van der Waals surface area (Å²) in [6.45, 7) is 3.33. The van der Waals surface area contributed by atoms with E-state index in [1.165, 1.54) is 0 Å². The van der Waals surface area contributed by atoms with E-state index < -0.39 is 0 Å². The second kappa shape index (κ2) is 6.30. The zero-order valence-corrected chi connectivity index (χ0v) is 13.7. The zero-order chi connectivity index (χ0) is 16.5. The van der Waals surface area contributed by atoms with Crippen LogP contribution in [0.25, 0.3) is 0 Å². The van der Waals surface area contributed by atoms with Crippen LogP contribution in [-0.4, -0.2) is 60.1 Å². The molecule has 1 aromatic heterocycles. The van der Waals surface area contributed by atoms with Crippen LogP contribution < -0.4 is 15.5 Å². The molecule has 1 aliphatic carbocycles. The van der Waals surface area contributed by atoms with E-state index in [0.29, 0.717) is 17.6 Å². The molecular weight excluding hydrogens is 306 g/mol. The third kappa shape index (κ3) is 3.16. The van der Waals surface area contributed by atoms with Gasteiger partial charge in [0, 0.05) is 44.5 Å². The van der Waals surface area contributed by atoms with Gasteiger partial charge in [0.05, 0.1) is 5.56 Å². The van der Waals surface area contributed by atoms with Crippen LogP contribution in [0.1, 0.15) is 36.0 Å². The summed E-state index contributed by atoms with van der Waals surface area (Å²) in [5.74, 6) is 0.873. The van der Waals surface area contributed by atoms with Crippen LogP contribution >= 0.6 is 0 Å². The molecule has 0 aromatic carbocycles. The summed E-state index contributed by atoms with van der Waals surface area (Å²) in [4.78, 5) is 32.4. The monoisotopic (exact) mass is 329 g/mol. The SMILES string of the molecule is O=C(NC1CC1)c1ccc(N2CCC(N3CCNC3=O)CC2)nc1. The van der Waals surface area contributed by atoms with Crippen LogP contribution in [0.4, 0.5) is 10.6 Å². The Morgan fingerprint density at radius 2 is 1.96 bits per heavy atom. The molecule has 2 N–H and O–H groups in total. The molecule has 1 aromatic rings. The molecule has 7 heteroatoms. The molecule has 2 saturated heterocycles. The lowest BCUT2D eigenvalue weighted by molar-refractivity contribution is 0.0950. The minimum absolute atomic E-state index is 0.0321. The molecule has 3 heterocycles. The Hall–Kier alpha value is -2.31. The molecule has 0 bridgehead atoms. The number of carbonyl (C=O) groups is 2. The first-order chi connectivity index (χ1) is 11.7. The van der Waals surface area contributed by atoms with Gasteiger partial charge in [0.2, 0.25) is 0 Å². The van der Waals surface area contributed by atoms with Gasteiger partial charge in [0.15, 0.2) is 0 Å². The molecule has 24 heavy (non-hydrogen) atoms. The molecule has 7 nitrogen and oxygen atoms in total. The first-order valence-electron chi connectivity index (χ1n) is 8.77. The lowest BCUT2D eigenvalue weighted by atomic mass is 10.0. The number of anilines is 1. The summed E-state index contributed by atoms with van der Waals surface area (Å²) in [6.07, 6.45) is 5.74. The van der Waals surface area contributed by atoms with E-state index in [9.17, 15) is 9.59 Å². The van der Waals surface area contributed by atoms with Crippen LogP contribution in [0.15, 0.2) is 18.3 Å². The standard InChI is InChI=1S/C17H23N5O2/c23-16(20-13-2-3-13)12-1-4-15(19-11-12)21-8-5-14(6-9-21)22-10-7-18-17(22)24/h1,4,11,13-14H,2-3,5-10H2,(H,18,24)(H,20,23). The van der Waals surface area contributed by atoms with Gasteiger partial charge in [0.25, 0.3) is 5.91 Å². The topological polar surface area (TPSA) is 77.6 Å². The minimum Gasteiger partial charge on any atom is -0.356 e. The smallest absolute Gasteiger partial charge is 0.317 e. The number of aromatic nitrogens is 1. The Balaban J connectivity index is 1.33. The fraction of sp³-hybridized carbons (Fsp3) is 0.588. The van der Waals surface area contributed by atoms with Crippen LogP contribution in [0, 0.1) is 0 Å². The number of hydrogen-bond donors (Lipinski definition) is 2. The van der Waals surface area contributed by atoms with Crippen molar-refractivity contribution in [3.05, 3.63) is 23.9 Å². The quantitative estimate of drug-likeness (QED) is 0.863. The van der Waals surface area contributed by atoms with Gasteiger partial charge < -0.3 is 20.4 Å². The van der Waals surface area contributed by atoms with Gasteiger partial charge in [-0.1, -0.05) is 0 Å². The molecule has 0 atom stereocenters. The van der Waals surface area contributed by atoms with Gasteiger partial charge in [-0.15, -0.1) is 0 Å². The molecule has 0 spiro atoms.